The molecule has 1 aromatic carbocycles. The highest BCUT2D eigenvalue weighted by atomic mass is 32.2. The Bertz CT molecular complexity index is 3300. The smallest absolute Gasteiger partial charge is 0.181 e. The molecule has 7 N–H and O–H groups in total. The van der Waals surface area contributed by atoms with Crippen LogP contribution in [0.5, 0.6) is 0 Å². The van der Waals surface area contributed by atoms with Gasteiger partial charge in [-0.1, -0.05) is 80.5 Å². The van der Waals surface area contributed by atoms with Gasteiger partial charge in [0, 0.05) is 41.2 Å². The van der Waals surface area contributed by atoms with Crippen molar-refractivity contribution in [2.24, 2.45) is 151 Å². The van der Waals surface area contributed by atoms with Crippen LogP contribution >= 0.6 is 0 Å². The molecule has 1 aromatic rings. The highest BCUT2D eigenvalue weighted by molar-refractivity contribution is 7.92. The SMILES string of the molecule is CCOC1CCC(O)(CC([C@@H](C)[C@H]2CC[C@H]3[C@@H]4CC[C@H]5C[C@@](C)(O)CC[C@]5(C)[C@H]4CC[C@]23C)S(=O)(=O)c2ccccc2)CC1.CO.COCC1CCC(O)(CC[C@@H](C)[C@H]2CC[C@H]3[C@@H]4CC[C@H]5C[C@@](C)(O)CC[C@]5(C)[C@H]4CC[C@]23C)CC1.COCC1CCC(O)(CC[C@@H](C)[C@H]2CC[C@H]3[C@@H]4CC[C@H]5C[C@@](C)(O)CC[C@]5(C)[C@H]4CC[C@]23C)CC1. The molecule has 0 heterocycles. The van der Waals surface area contributed by atoms with Gasteiger partial charge in [-0.3, -0.25) is 0 Å². The second-order valence-corrected chi connectivity index (χ2v) is 49.5. The number of benzene rings is 1. The summed E-state index contributed by atoms with van der Waals surface area (Å²) in [7, 11) is 0.967. The van der Waals surface area contributed by atoms with Crippen LogP contribution in [0, 0.1) is 151 Å². The highest BCUT2D eigenvalue weighted by Gasteiger charge is 2.66. The number of rotatable bonds is 20. The number of ether oxygens (including phenoxy) is 3. The van der Waals surface area contributed by atoms with Gasteiger partial charge in [0.2, 0.25) is 0 Å². The fraction of sp³-hybridized carbons (Fsp3) is 0.942. The summed E-state index contributed by atoms with van der Waals surface area (Å²) in [6.07, 6.45) is 49.6. The lowest BCUT2D eigenvalue weighted by Gasteiger charge is -2.62. The first-order valence-corrected chi connectivity index (χ1v) is 50.9. The predicted molar refractivity (Wildman–Crippen MR) is 470 cm³/mol. The van der Waals surface area contributed by atoms with Crippen molar-refractivity contribution in [2.75, 3.05) is 41.2 Å². The van der Waals surface area contributed by atoms with E-state index in [0.29, 0.717) is 93.3 Å². The lowest BCUT2D eigenvalue weighted by atomic mass is 9.43. The molecule has 0 amide bonds. The third-order valence-electron chi connectivity index (χ3n) is 41.0. The van der Waals surface area contributed by atoms with E-state index in [1.54, 1.807) is 26.4 Å². The van der Waals surface area contributed by atoms with Crippen molar-refractivity contribution in [1.82, 2.24) is 0 Å². The van der Waals surface area contributed by atoms with E-state index in [4.69, 9.17) is 19.3 Å². The molecule has 0 saturated heterocycles. The molecule has 666 valence electrons. The summed E-state index contributed by atoms with van der Waals surface area (Å²) in [5.74, 6) is 14.2. The highest BCUT2D eigenvalue weighted by Crippen LogP contribution is 2.73. The Morgan fingerprint density at radius 2 is 0.724 bits per heavy atom. The van der Waals surface area contributed by atoms with Gasteiger partial charge >= 0.3 is 0 Å². The molecule has 15 fully saturated rings. The topological polar surface area (TPSA) is 203 Å². The molecular formula is C103H176O12S. The van der Waals surface area contributed by atoms with Crippen LogP contribution in [0.25, 0.3) is 0 Å². The molecule has 16 rings (SSSR count). The maximum absolute atomic E-state index is 14.5. The van der Waals surface area contributed by atoms with Gasteiger partial charge in [-0.05, 0) is 473 Å². The minimum atomic E-state index is -3.64. The van der Waals surface area contributed by atoms with Crippen LogP contribution < -0.4 is 0 Å². The molecule has 13 heteroatoms. The van der Waals surface area contributed by atoms with Crippen LogP contribution in [-0.4, -0.2) is 130 Å². The zero-order valence-corrected chi connectivity index (χ0v) is 77.7. The van der Waals surface area contributed by atoms with Crippen molar-refractivity contribution in [3.63, 3.8) is 0 Å². The third-order valence-corrected chi connectivity index (χ3v) is 43.3. The number of methoxy groups -OCH3 is 2. The van der Waals surface area contributed by atoms with Gasteiger partial charge in [0.1, 0.15) is 0 Å². The molecule has 0 spiro atoms. The zero-order chi connectivity index (χ0) is 83.7. The fourth-order valence-corrected chi connectivity index (χ4v) is 36.2. The van der Waals surface area contributed by atoms with E-state index in [2.05, 4.69) is 76.2 Å². The first kappa shape index (κ1) is 92.4. The van der Waals surface area contributed by atoms with Crippen molar-refractivity contribution in [2.45, 2.75) is 422 Å². The first-order chi connectivity index (χ1) is 54.7. The largest absolute Gasteiger partial charge is 0.400 e. The van der Waals surface area contributed by atoms with Gasteiger partial charge in [0.05, 0.1) is 49.9 Å². The van der Waals surface area contributed by atoms with Crippen LogP contribution in [0.1, 0.15) is 373 Å². The van der Waals surface area contributed by atoms with Gasteiger partial charge in [0.25, 0.3) is 0 Å². The average molecular weight is 1640 g/mol. The Balaban J connectivity index is 0.000000151. The molecular weight excluding hydrogens is 1460 g/mol. The van der Waals surface area contributed by atoms with Crippen LogP contribution in [0.15, 0.2) is 35.2 Å². The summed E-state index contributed by atoms with van der Waals surface area (Å²) in [6.45, 7) is 33.5. The van der Waals surface area contributed by atoms with Gasteiger partial charge < -0.3 is 50.0 Å². The lowest BCUT2D eigenvalue weighted by molar-refractivity contribution is -0.148. The number of sulfone groups is 1. The molecule has 0 bridgehead atoms. The molecule has 15 saturated carbocycles. The van der Waals surface area contributed by atoms with Crippen molar-refractivity contribution >= 4 is 9.84 Å². The maximum atomic E-state index is 14.5. The van der Waals surface area contributed by atoms with E-state index in [0.717, 1.165) is 226 Å². The summed E-state index contributed by atoms with van der Waals surface area (Å²) in [5, 5.41) is 73.4. The van der Waals surface area contributed by atoms with Gasteiger partial charge in [0.15, 0.2) is 9.84 Å². The van der Waals surface area contributed by atoms with E-state index < -0.39 is 48.7 Å². The summed E-state index contributed by atoms with van der Waals surface area (Å²) in [5.41, 5.74) is -0.827. The molecule has 116 heavy (non-hydrogen) atoms. The molecule has 12 nitrogen and oxygen atoms in total. The number of fused-ring (bicyclic) bond motifs is 15. The summed E-state index contributed by atoms with van der Waals surface area (Å²) in [6, 6.07) is 9.02. The Kier molecular flexibility index (Phi) is 28.6. The van der Waals surface area contributed by atoms with E-state index in [1.165, 1.54) is 135 Å². The lowest BCUT2D eigenvalue weighted by Crippen LogP contribution is -2.56. The number of hydrogen-bond acceptors (Lipinski definition) is 12. The Morgan fingerprint density at radius 3 is 1.08 bits per heavy atom. The fourth-order valence-electron chi connectivity index (χ4n) is 34.0. The summed E-state index contributed by atoms with van der Waals surface area (Å²) >= 11 is 0. The van der Waals surface area contributed by atoms with Crippen molar-refractivity contribution in [1.29, 1.82) is 0 Å². The quantitative estimate of drug-likeness (QED) is 0.0652. The van der Waals surface area contributed by atoms with E-state index >= 15 is 0 Å². The van der Waals surface area contributed by atoms with Crippen LogP contribution in [0.2, 0.25) is 0 Å². The molecule has 0 aliphatic heterocycles. The third kappa shape index (κ3) is 18.4. The number of aliphatic hydroxyl groups excluding tert-OH is 1. The maximum Gasteiger partial charge on any atom is 0.181 e. The minimum absolute atomic E-state index is 0.0305. The van der Waals surface area contributed by atoms with Crippen molar-refractivity contribution in [3.8, 4) is 0 Å². The second kappa shape index (κ2) is 35.9. The standard InChI is InChI=1S/C38H60O5S.2C32H56O3.CH4O/c1-6-43-28-16-20-38(40,21-17-28)25-34(44(41,42)29-10-8-7-9-11-29)26(2)31-14-15-32-30-13-12-27-24-35(3,39)22-23-36(27,4)33(30)18-19-37(31,32)5;2*1-22(10-15-32(34)16-11-23(12-17-32)21-35-5)26-8-9-27-25-7-6-24-20-29(2,33)18-19-30(24,3)28(25)13-14-31(26,27)4;1-2/h7-11,26-28,30-34,39-40H,6,12-25H2,1-5H3;2*22-28,33-34H,6-21H2,1-5H3;2H,1H3/t26-,27-,28?,30-,31+,32-,33-,34?,35-,36-,37+,38?;2*22-,23?,24+,25+,26-,27+,28+,29+,30+,31-,32?;/m011./s1. The van der Waals surface area contributed by atoms with Crippen molar-refractivity contribution in [3.05, 3.63) is 30.3 Å². The molecule has 28 atom stereocenters. The van der Waals surface area contributed by atoms with E-state index in [1.807, 2.05) is 32.0 Å². The van der Waals surface area contributed by atoms with Crippen LogP contribution in [0.4, 0.5) is 0 Å². The van der Waals surface area contributed by atoms with Gasteiger partial charge in [-0.15, -0.1) is 0 Å². The van der Waals surface area contributed by atoms with Crippen LogP contribution in [0.3, 0.4) is 0 Å². The first-order valence-electron chi connectivity index (χ1n) is 49.4. The molecule has 0 aromatic heterocycles. The predicted octanol–water partition coefficient (Wildman–Crippen LogP) is 22.3. The van der Waals surface area contributed by atoms with E-state index in [9.17, 15) is 39.1 Å². The Morgan fingerprint density at radius 1 is 0.388 bits per heavy atom. The Labute approximate surface area is 708 Å². The normalized spacial score (nSPS) is 49.2. The van der Waals surface area contributed by atoms with Gasteiger partial charge in [-0.2, -0.15) is 0 Å². The minimum Gasteiger partial charge on any atom is -0.400 e. The average Bonchev–Trinajstić information content (AvgIpc) is 1.45. The molecule has 0 radical (unpaired) electrons. The molecule has 15 aliphatic rings. The summed E-state index contributed by atoms with van der Waals surface area (Å²) < 4.78 is 45.6. The number of hydrogen-bond donors (Lipinski definition) is 7. The van der Waals surface area contributed by atoms with Crippen molar-refractivity contribution < 1.29 is 58.4 Å². The van der Waals surface area contributed by atoms with E-state index in [-0.39, 0.29) is 17.4 Å². The molecule has 15 aliphatic carbocycles. The van der Waals surface area contributed by atoms with Crippen LogP contribution in [-0.2, 0) is 24.0 Å². The second-order valence-electron chi connectivity index (χ2n) is 47.4. The Hall–Kier alpha value is -1.23. The number of aliphatic hydroxyl groups is 7. The van der Waals surface area contributed by atoms with Gasteiger partial charge in [-0.25, -0.2) is 8.42 Å². The monoisotopic (exact) mass is 1640 g/mol. The zero-order valence-electron chi connectivity index (χ0n) is 76.9. The molecule has 1 unspecified atom stereocenters. The summed E-state index contributed by atoms with van der Waals surface area (Å²) in [4.78, 5) is 0.395.